The van der Waals surface area contributed by atoms with Gasteiger partial charge in [-0.05, 0) is 41.9 Å². The molecule has 0 aliphatic carbocycles. The van der Waals surface area contributed by atoms with Crippen LogP contribution in [0.3, 0.4) is 0 Å². The number of carbonyl (C=O) groups is 4. The summed E-state index contributed by atoms with van der Waals surface area (Å²) in [6, 6.07) is 2.10. The molecule has 1 rings (SSSR count). The molecule has 0 spiro atoms. The third-order valence-electron chi connectivity index (χ3n) is 6.14. The van der Waals surface area contributed by atoms with E-state index in [0.29, 0.717) is 18.4 Å². The van der Waals surface area contributed by atoms with E-state index in [1.54, 1.807) is 26.0 Å². The van der Waals surface area contributed by atoms with Gasteiger partial charge in [0.1, 0.15) is 23.9 Å². The van der Waals surface area contributed by atoms with Gasteiger partial charge in [0.05, 0.1) is 6.04 Å². The van der Waals surface area contributed by atoms with Crippen molar-refractivity contribution in [3.05, 3.63) is 29.8 Å². The average molecular weight is 507 g/mol. The number of carboxylic acids is 1. The first-order valence-corrected chi connectivity index (χ1v) is 12.4. The zero-order valence-corrected chi connectivity index (χ0v) is 22.1. The summed E-state index contributed by atoms with van der Waals surface area (Å²) in [5, 5.41) is 27.0. The first-order valence-electron chi connectivity index (χ1n) is 12.4. The van der Waals surface area contributed by atoms with Crippen molar-refractivity contribution < 1.29 is 29.4 Å². The van der Waals surface area contributed by atoms with Gasteiger partial charge in [-0.25, -0.2) is 4.79 Å². The molecule has 0 bridgehead atoms. The van der Waals surface area contributed by atoms with Gasteiger partial charge in [0, 0.05) is 6.42 Å². The molecule has 1 aromatic carbocycles. The van der Waals surface area contributed by atoms with Crippen molar-refractivity contribution in [3.63, 3.8) is 0 Å². The Morgan fingerprint density at radius 2 is 1.42 bits per heavy atom. The Morgan fingerprint density at radius 3 is 1.89 bits per heavy atom. The molecule has 0 aliphatic heterocycles. The highest BCUT2D eigenvalue weighted by Crippen LogP contribution is 2.13. The van der Waals surface area contributed by atoms with Crippen LogP contribution >= 0.6 is 0 Å². The SMILES string of the molecule is CC[C@H](C)[C@H](N)C(=O)N[C@@H](CC(C)C)C(=O)N[C@H](C(=O)N[C@@H](Cc1ccc(O)cc1)C(=O)O)C(C)C. The minimum atomic E-state index is -1.24. The second kappa shape index (κ2) is 14.4. The predicted molar refractivity (Wildman–Crippen MR) is 137 cm³/mol. The quantitative estimate of drug-likeness (QED) is 0.222. The van der Waals surface area contributed by atoms with Crippen LogP contribution in [-0.2, 0) is 25.6 Å². The number of carbonyl (C=O) groups excluding carboxylic acids is 3. The molecular weight excluding hydrogens is 464 g/mol. The maximum absolute atomic E-state index is 13.2. The van der Waals surface area contributed by atoms with Crippen LogP contribution < -0.4 is 21.7 Å². The number of aliphatic carboxylic acids is 1. The van der Waals surface area contributed by atoms with Crippen molar-refractivity contribution in [1.82, 2.24) is 16.0 Å². The smallest absolute Gasteiger partial charge is 0.326 e. The molecule has 202 valence electrons. The molecule has 3 amide bonds. The van der Waals surface area contributed by atoms with Crippen LogP contribution in [0.25, 0.3) is 0 Å². The van der Waals surface area contributed by atoms with Crippen LogP contribution in [0.2, 0.25) is 0 Å². The highest BCUT2D eigenvalue weighted by molar-refractivity contribution is 5.94. The summed E-state index contributed by atoms with van der Waals surface area (Å²) in [6.07, 6.45) is 1.05. The minimum absolute atomic E-state index is 0.000349. The Morgan fingerprint density at radius 1 is 0.861 bits per heavy atom. The Bertz CT molecular complexity index is 887. The fourth-order valence-corrected chi connectivity index (χ4v) is 3.60. The van der Waals surface area contributed by atoms with E-state index < -0.39 is 47.9 Å². The maximum atomic E-state index is 13.2. The topological polar surface area (TPSA) is 171 Å². The Labute approximate surface area is 213 Å². The molecule has 0 saturated carbocycles. The number of hydrogen-bond acceptors (Lipinski definition) is 6. The highest BCUT2D eigenvalue weighted by Gasteiger charge is 2.32. The van der Waals surface area contributed by atoms with Gasteiger partial charge in [-0.1, -0.05) is 60.1 Å². The van der Waals surface area contributed by atoms with Gasteiger partial charge in [0.2, 0.25) is 17.7 Å². The van der Waals surface area contributed by atoms with E-state index in [4.69, 9.17) is 5.73 Å². The van der Waals surface area contributed by atoms with Crippen LogP contribution in [0.5, 0.6) is 5.75 Å². The zero-order chi connectivity index (χ0) is 27.6. The fraction of sp³-hybridized carbons (Fsp3) is 0.615. The lowest BCUT2D eigenvalue weighted by atomic mass is 9.97. The summed E-state index contributed by atoms with van der Waals surface area (Å²) < 4.78 is 0. The summed E-state index contributed by atoms with van der Waals surface area (Å²) in [6.45, 7) is 11.1. The number of carboxylic acid groups (broad SMARTS) is 1. The summed E-state index contributed by atoms with van der Waals surface area (Å²) >= 11 is 0. The monoisotopic (exact) mass is 506 g/mol. The summed E-state index contributed by atoms with van der Waals surface area (Å²) in [4.78, 5) is 50.6. The van der Waals surface area contributed by atoms with Crippen molar-refractivity contribution in [1.29, 1.82) is 0 Å². The van der Waals surface area contributed by atoms with E-state index in [1.165, 1.54) is 12.1 Å². The van der Waals surface area contributed by atoms with Gasteiger partial charge in [-0.2, -0.15) is 0 Å². The second-order valence-corrected chi connectivity index (χ2v) is 10.1. The molecule has 10 nitrogen and oxygen atoms in total. The summed E-state index contributed by atoms with van der Waals surface area (Å²) in [5.74, 6) is -3.13. The van der Waals surface area contributed by atoms with E-state index in [9.17, 15) is 29.4 Å². The number of rotatable bonds is 14. The van der Waals surface area contributed by atoms with E-state index in [-0.39, 0.29) is 29.9 Å². The van der Waals surface area contributed by atoms with Crippen LogP contribution in [0.15, 0.2) is 24.3 Å². The number of benzene rings is 1. The molecule has 1 aromatic rings. The molecule has 5 atom stereocenters. The molecule has 7 N–H and O–H groups in total. The van der Waals surface area contributed by atoms with E-state index >= 15 is 0 Å². The van der Waals surface area contributed by atoms with Crippen molar-refractivity contribution >= 4 is 23.7 Å². The number of aromatic hydroxyl groups is 1. The first kappa shape index (κ1) is 30.9. The third-order valence-corrected chi connectivity index (χ3v) is 6.14. The molecule has 0 aromatic heterocycles. The second-order valence-electron chi connectivity index (χ2n) is 10.1. The van der Waals surface area contributed by atoms with Crippen molar-refractivity contribution in [3.8, 4) is 5.75 Å². The Hall–Kier alpha value is -3.14. The normalized spacial score (nSPS) is 15.5. The van der Waals surface area contributed by atoms with Gasteiger partial charge in [-0.3, -0.25) is 14.4 Å². The van der Waals surface area contributed by atoms with Gasteiger partial charge >= 0.3 is 5.97 Å². The van der Waals surface area contributed by atoms with Crippen LogP contribution in [0.4, 0.5) is 0 Å². The lowest BCUT2D eigenvalue weighted by molar-refractivity contribution is -0.142. The summed E-state index contributed by atoms with van der Waals surface area (Å²) in [5.41, 5.74) is 6.64. The van der Waals surface area contributed by atoms with Crippen LogP contribution in [-0.4, -0.2) is 58.1 Å². The van der Waals surface area contributed by atoms with Gasteiger partial charge in [0.15, 0.2) is 0 Å². The maximum Gasteiger partial charge on any atom is 0.326 e. The van der Waals surface area contributed by atoms with Crippen LogP contribution in [0, 0.1) is 17.8 Å². The van der Waals surface area contributed by atoms with Crippen molar-refractivity contribution in [2.75, 3.05) is 0 Å². The van der Waals surface area contributed by atoms with Gasteiger partial charge in [0.25, 0.3) is 0 Å². The predicted octanol–water partition coefficient (Wildman–Crippen LogP) is 1.55. The zero-order valence-electron chi connectivity index (χ0n) is 22.1. The van der Waals surface area contributed by atoms with Crippen molar-refractivity contribution in [2.24, 2.45) is 23.5 Å². The molecule has 0 unspecified atom stereocenters. The Kier molecular flexibility index (Phi) is 12.4. The molecule has 0 aliphatic rings. The first-order chi connectivity index (χ1) is 16.8. The van der Waals surface area contributed by atoms with Gasteiger partial charge in [-0.15, -0.1) is 0 Å². The van der Waals surface area contributed by atoms with E-state index in [0.717, 1.165) is 0 Å². The number of amides is 3. The molecule has 10 heteroatoms. The van der Waals surface area contributed by atoms with Crippen molar-refractivity contribution in [2.45, 2.75) is 85.0 Å². The molecule has 0 radical (unpaired) electrons. The molecule has 0 heterocycles. The number of nitrogens with one attached hydrogen (secondary N) is 3. The number of hydrogen-bond donors (Lipinski definition) is 6. The molecule has 0 saturated heterocycles. The average Bonchev–Trinajstić information content (AvgIpc) is 2.80. The molecular formula is C26H42N4O6. The molecule has 36 heavy (non-hydrogen) atoms. The molecule has 0 fully saturated rings. The fourth-order valence-electron chi connectivity index (χ4n) is 3.60. The van der Waals surface area contributed by atoms with Crippen LogP contribution in [0.1, 0.15) is 59.9 Å². The lowest BCUT2D eigenvalue weighted by Crippen LogP contribution is -2.59. The number of nitrogens with two attached hydrogens (primary N) is 1. The van der Waals surface area contributed by atoms with Gasteiger partial charge < -0.3 is 31.9 Å². The highest BCUT2D eigenvalue weighted by atomic mass is 16.4. The Balaban J connectivity index is 2.99. The lowest BCUT2D eigenvalue weighted by Gasteiger charge is -2.28. The third kappa shape index (κ3) is 9.85. The largest absolute Gasteiger partial charge is 0.508 e. The standard InChI is InChI=1S/C26H42N4O6/c1-7-16(6)21(27)24(33)28-19(12-14(2)3)23(32)30-22(15(4)5)25(34)29-20(26(35)36)13-17-8-10-18(31)11-9-17/h8-11,14-16,19-22,31H,7,12-13,27H2,1-6H3,(H,28,33)(H,29,34)(H,30,32)(H,35,36)/t16-,19-,20-,21-,22-/m0/s1. The van der Waals surface area contributed by atoms with E-state index in [2.05, 4.69) is 16.0 Å². The van der Waals surface area contributed by atoms with E-state index in [1.807, 2.05) is 27.7 Å². The summed E-state index contributed by atoms with van der Waals surface area (Å²) in [7, 11) is 0. The minimum Gasteiger partial charge on any atom is -0.508 e. The number of phenols is 1. The number of phenolic OH excluding ortho intramolecular Hbond substituents is 1.